The van der Waals surface area contributed by atoms with Crippen molar-refractivity contribution in [2.24, 2.45) is 0 Å². The number of rotatable bonds is 6. The lowest BCUT2D eigenvalue weighted by atomic mass is 10.0. The fraction of sp³-hybridized carbons (Fsp3) is 0.0588. The summed E-state index contributed by atoms with van der Waals surface area (Å²) in [5, 5.41) is 57.0. The molecule has 29 heavy (non-hydrogen) atoms. The molecule has 1 heterocycles. The molecule has 0 unspecified atom stereocenters. The SMILES string of the molecule is CN(NC=C1C=CNc2ccccc21)c1c(N([O-])O)cc(N([O-])[O-])cc1[N+](=O)[O-]. The molecule has 0 spiro atoms. The highest BCUT2D eigenvalue weighted by Crippen LogP contribution is 2.40. The van der Waals surface area contributed by atoms with E-state index in [0.717, 1.165) is 27.9 Å². The molecule has 0 atom stereocenters. The van der Waals surface area contributed by atoms with Gasteiger partial charge >= 0.3 is 0 Å². The van der Waals surface area contributed by atoms with Crippen LogP contribution >= 0.6 is 0 Å². The zero-order chi connectivity index (χ0) is 21.1. The van der Waals surface area contributed by atoms with Crippen LogP contribution in [0, 0.1) is 25.7 Å². The smallest absolute Gasteiger partial charge is 0.298 e. The average molecular weight is 399 g/mol. The molecule has 3 N–H and O–H groups in total. The number of allylic oxidation sites excluding steroid dienone is 2. The number of hydrogen-bond acceptors (Lipinski definition) is 11. The molecule has 0 amide bonds. The molecular weight excluding hydrogens is 384 g/mol. The molecule has 2 aromatic rings. The average Bonchev–Trinajstić information content (AvgIpc) is 2.70. The highest BCUT2D eigenvalue weighted by molar-refractivity contribution is 5.86. The zero-order valence-electron chi connectivity index (χ0n) is 15.0. The fourth-order valence-electron chi connectivity index (χ4n) is 2.85. The maximum absolute atomic E-state index is 11.5. The molecule has 12 heteroatoms. The summed E-state index contributed by atoms with van der Waals surface area (Å²) in [5.41, 5.74) is 2.82. The molecule has 1 aliphatic rings. The van der Waals surface area contributed by atoms with Crippen molar-refractivity contribution >= 4 is 34.0 Å². The summed E-state index contributed by atoms with van der Waals surface area (Å²) in [4.78, 5) is 10.6. The van der Waals surface area contributed by atoms with Crippen LogP contribution in [0.15, 0.2) is 54.9 Å². The van der Waals surface area contributed by atoms with E-state index in [9.17, 15) is 30.9 Å². The third-order valence-electron chi connectivity index (χ3n) is 4.16. The van der Waals surface area contributed by atoms with E-state index >= 15 is 0 Å². The second-order valence-electron chi connectivity index (χ2n) is 5.93. The van der Waals surface area contributed by atoms with Crippen molar-refractivity contribution in [1.82, 2.24) is 5.43 Å². The van der Waals surface area contributed by atoms with E-state index in [1.165, 1.54) is 13.2 Å². The van der Waals surface area contributed by atoms with Gasteiger partial charge in [0.05, 0.1) is 10.6 Å². The van der Waals surface area contributed by atoms with Crippen LogP contribution in [0.4, 0.5) is 28.4 Å². The van der Waals surface area contributed by atoms with E-state index in [1.54, 1.807) is 12.3 Å². The number of fused-ring (bicyclic) bond motifs is 1. The minimum atomic E-state index is -0.893. The number of nitrogens with one attached hydrogen (secondary N) is 2. The Labute approximate surface area is 164 Å². The number of anilines is 4. The normalized spacial score (nSPS) is 13.5. The second kappa shape index (κ2) is 8.04. The summed E-state index contributed by atoms with van der Waals surface area (Å²) in [6.45, 7) is 0. The van der Waals surface area contributed by atoms with Gasteiger partial charge in [0.1, 0.15) is 0 Å². The lowest BCUT2D eigenvalue weighted by Crippen LogP contribution is -2.32. The van der Waals surface area contributed by atoms with Crippen LogP contribution in [-0.2, 0) is 0 Å². The molecule has 152 valence electrons. The first-order valence-electron chi connectivity index (χ1n) is 8.15. The minimum Gasteiger partial charge on any atom is -0.769 e. The number of nitrogens with zero attached hydrogens (tertiary/aromatic N) is 4. The lowest BCUT2D eigenvalue weighted by molar-refractivity contribution is -0.384. The van der Waals surface area contributed by atoms with Gasteiger partial charge < -0.3 is 36.8 Å². The van der Waals surface area contributed by atoms with E-state index in [1.807, 2.05) is 24.3 Å². The molecule has 0 saturated carbocycles. The summed E-state index contributed by atoms with van der Waals surface area (Å²) in [7, 11) is 1.37. The van der Waals surface area contributed by atoms with Crippen molar-refractivity contribution in [3.8, 4) is 0 Å². The Balaban J connectivity index is 2.00. The predicted octanol–water partition coefficient (Wildman–Crippen LogP) is 3.01. The molecule has 1 aliphatic heterocycles. The molecule has 0 aliphatic carbocycles. The molecule has 0 radical (unpaired) electrons. The largest absolute Gasteiger partial charge is 0.769 e. The monoisotopic (exact) mass is 399 g/mol. The lowest BCUT2D eigenvalue weighted by Gasteiger charge is -2.39. The van der Waals surface area contributed by atoms with Gasteiger partial charge in [-0.25, -0.2) is 0 Å². The van der Waals surface area contributed by atoms with Gasteiger partial charge in [0.15, 0.2) is 5.69 Å². The second-order valence-corrected chi connectivity index (χ2v) is 5.93. The summed E-state index contributed by atoms with van der Waals surface area (Å²) >= 11 is 0. The van der Waals surface area contributed by atoms with Crippen LogP contribution < -0.4 is 26.2 Å². The first-order valence-corrected chi connectivity index (χ1v) is 8.15. The van der Waals surface area contributed by atoms with Gasteiger partial charge in [-0.2, -0.15) is 0 Å². The Kier molecular flexibility index (Phi) is 5.52. The Morgan fingerprint density at radius 2 is 1.93 bits per heavy atom. The van der Waals surface area contributed by atoms with Gasteiger partial charge in [-0.05, 0) is 18.2 Å². The van der Waals surface area contributed by atoms with Crippen LogP contribution in [0.3, 0.4) is 0 Å². The van der Waals surface area contributed by atoms with Crippen LogP contribution in [0.1, 0.15) is 5.56 Å². The number of nitro benzene ring substituents is 1. The highest BCUT2D eigenvalue weighted by atomic mass is 16.8. The maximum atomic E-state index is 11.5. The topological polar surface area (TPSA) is 166 Å². The molecule has 0 saturated heterocycles. The van der Waals surface area contributed by atoms with Crippen LogP contribution in [0.2, 0.25) is 0 Å². The van der Waals surface area contributed by atoms with Crippen molar-refractivity contribution in [2.75, 3.05) is 27.8 Å². The number of hydrazine groups is 1. The van der Waals surface area contributed by atoms with Gasteiger partial charge in [0.2, 0.25) is 0 Å². The standard InChI is InChI=1S/C17H15N6O6/c1-20(19-10-11-6-7-18-14-5-3-2-4-13(11)14)17-15(22(26)27)8-12(21(24)25)9-16(17)23(28)29/h2-10,18-19,26H,1H3/q-3. The van der Waals surface area contributed by atoms with Crippen molar-refractivity contribution < 1.29 is 10.1 Å². The number of hydrogen-bond donors (Lipinski definition) is 3. The Bertz CT molecular complexity index is 990. The van der Waals surface area contributed by atoms with Gasteiger partial charge in [-0.15, -0.1) is 0 Å². The first-order chi connectivity index (χ1) is 13.8. The molecule has 12 nitrogen and oxygen atoms in total. The number of benzene rings is 2. The molecule has 3 rings (SSSR count). The highest BCUT2D eigenvalue weighted by Gasteiger charge is 2.24. The summed E-state index contributed by atoms with van der Waals surface area (Å²) in [5.74, 6) is 0. The van der Waals surface area contributed by atoms with Crippen LogP contribution in [-0.4, -0.2) is 17.2 Å². The van der Waals surface area contributed by atoms with Crippen LogP contribution in [0.5, 0.6) is 0 Å². The number of nitro groups is 1. The zero-order valence-corrected chi connectivity index (χ0v) is 15.0. The van der Waals surface area contributed by atoms with Crippen molar-refractivity contribution in [3.05, 3.63) is 86.2 Å². The minimum absolute atomic E-state index is 0.346. The fourth-order valence-corrected chi connectivity index (χ4v) is 2.85. The van der Waals surface area contributed by atoms with Crippen molar-refractivity contribution in [3.63, 3.8) is 0 Å². The predicted molar refractivity (Wildman–Crippen MR) is 109 cm³/mol. The van der Waals surface area contributed by atoms with E-state index in [2.05, 4.69) is 10.7 Å². The molecule has 0 fully saturated rings. The van der Waals surface area contributed by atoms with Gasteiger partial charge in [0.25, 0.3) is 5.69 Å². The van der Waals surface area contributed by atoms with E-state index in [0.29, 0.717) is 6.07 Å². The Morgan fingerprint density at radius 3 is 2.59 bits per heavy atom. The van der Waals surface area contributed by atoms with Gasteiger partial charge in [0, 0.05) is 48.0 Å². The maximum Gasteiger partial charge on any atom is 0.298 e. The number of para-hydroxylation sites is 1. The Hall–Kier alpha value is -3.84. The van der Waals surface area contributed by atoms with Crippen molar-refractivity contribution in [2.45, 2.75) is 0 Å². The summed E-state index contributed by atoms with van der Waals surface area (Å²) < 4.78 is 0. The van der Waals surface area contributed by atoms with E-state index in [4.69, 9.17) is 0 Å². The summed E-state index contributed by atoms with van der Waals surface area (Å²) in [6, 6.07) is 8.91. The third kappa shape index (κ3) is 4.04. The molecule has 0 bridgehead atoms. The van der Waals surface area contributed by atoms with E-state index < -0.39 is 32.4 Å². The van der Waals surface area contributed by atoms with Gasteiger partial charge in [-0.1, -0.05) is 18.2 Å². The molecule has 2 aromatic carbocycles. The summed E-state index contributed by atoms with van der Waals surface area (Å²) in [6.07, 6.45) is 5.01. The van der Waals surface area contributed by atoms with Gasteiger partial charge in [-0.3, -0.25) is 20.3 Å². The van der Waals surface area contributed by atoms with E-state index in [-0.39, 0.29) is 5.69 Å². The van der Waals surface area contributed by atoms with Crippen LogP contribution in [0.25, 0.3) is 5.57 Å². The Morgan fingerprint density at radius 1 is 1.21 bits per heavy atom. The third-order valence-corrected chi connectivity index (χ3v) is 4.16. The molecular formula is C17H15N6O6-3. The quantitative estimate of drug-likeness (QED) is 0.482. The molecule has 0 aromatic heterocycles. The first kappa shape index (κ1) is 19.9. The van der Waals surface area contributed by atoms with Crippen molar-refractivity contribution in [1.29, 1.82) is 0 Å².